The van der Waals surface area contributed by atoms with Crippen LogP contribution in [0.4, 0.5) is 0 Å². The van der Waals surface area contributed by atoms with Crippen molar-refractivity contribution in [2.45, 2.75) is 10.6 Å². The molecule has 0 aliphatic heterocycles. The molecule has 0 aromatic heterocycles. The van der Waals surface area contributed by atoms with E-state index >= 15 is 0 Å². The molecule has 0 aliphatic carbocycles. The van der Waals surface area contributed by atoms with Crippen LogP contribution >= 0.6 is 21.6 Å². The first-order valence-corrected chi connectivity index (χ1v) is 10.5. The van der Waals surface area contributed by atoms with Gasteiger partial charge in [0.2, 0.25) is 0 Å². The van der Waals surface area contributed by atoms with E-state index in [4.69, 9.17) is 4.74 Å². The van der Waals surface area contributed by atoms with Crippen LogP contribution in [-0.2, 0) is 16.9 Å². The van der Waals surface area contributed by atoms with Gasteiger partial charge in [-0.3, -0.25) is 0 Å². The molecule has 0 spiro atoms. The lowest BCUT2D eigenvalue weighted by Gasteiger charge is -2.07. The number of benzene rings is 2. The van der Waals surface area contributed by atoms with E-state index in [1.807, 2.05) is 53.9 Å². The van der Waals surface area contributed by atoms with E-state index in [-0.39, 0.29) is 0 Å². The van der Waals surface area contributed by atoms with Crippen LogP contribution < -0.4 is 4.74 Å². The van der Waals surface area contributed by atoms with E-state index in [2.05, 4.69) is 12.1 Å². The molecule has 2 rings (SSSR count). The summed E-state index contributed by atoms with van der Waals surface area (Å²) in [5.74, 6) is 2.37. The van der Waals surface area contributed by atoms with E-state index in [1.54, 1.807) is 28.7 Å². The van der Waals surface area contributed by atoms with Crippen LogP contribution in [0.15, 0.2) is 71.0 Å². The fourth-order valence-electron chi connectivity index (χ4n) is 1.70. The van der Waals surface area contributed by atoms with Crippen molar-refractivity contribution >= 4 is 32.8 Å². The van der Waals surface area contributed by atoms with E-state index in [0.29, 0.717) is 5.75 Å². The van der Waals surface area contributed by atoms with Crippen molar-refractivity contribution in [3.63, 3.8) is 0 Å². The van der Waals surface area contributed by atoms with Gasteiger partial charge in [-0.1, -0.05) is 51.9 Å². The minimum Gasteiger partial charge on any atom is -0.611 e. The van der Waals surface area contributed by atoms with E-state index in [1.165, 1.54) is 5.56 Å². The Morgan fingerprint density at radius 2 is 1.82 bits per heavy atom. The van der Waals surface area contributed by atoms with Gasteiger partial charge in [-0.15, -0.1) is 0 Å². The molecule has 0 fully saturated rings. The molecule has 0 aliphatic rings. The van der Waals surface area contributed by atoms with Crippen molar-refractivity contribution in [3.05, 3.63) is 71.6 Å². The standard InChI is InChI=1S/C17H18O2S3/c1-19-16-10-8-15(9-11-16)14-21-20-12-5-13-22(18)17-6-3-2-4-7-17/h2-12H,13-14H2,1H3. The molecular weight excluding hydrogens is 332 g/mol. The van der Waals surface area contributed by atoms with Crippen LogP contribution in [0.1, 0.15) is 5.56 Å². The molecule has 0 bridgehead atoms. The predicted octanol–water partition coefficient (Wildman–Crippen LogP) is 4.90. The highest BCUT2D eigenvalue weighted by Crippen LogP contribution is 2.27. The molecule has 2 aromatic carbocycles. The molecule has 2 nitrogen and oxygen atoms in total. The Balaban J connectivity index is 1.65. The topological polar surface area (TPSA) is 32.3 Å². The first kappa shape index (κ1) is 17.3. The lowest BCUT2D eigenvalue weighted by atomic mass is 10.2. The zero-order valence-corrected chi connectivity index (χ0v) is 14.8. The number of hydrogen-bond acceptors (Lipinski definition) is 4. The van der Waals surface area contributed by atoms with Gasteiger partial charge >= 0.3 is 0 Å². The Morgan fingerprint density at radius 3 is 2.50 bits per heavy atom. The van der Waals surface area contributed by atoms with E-state index in [0.717, 1.165) is 16.4 Å². The van der Waals surface area contributed by atoms with Gasteiger partial charge in [0.25, 0.3) is 0 Å². The van der Waals surface area contributed by atoms with E-state index < -0.39 is 11.2 Å². The molecule has 116 valence electrons. The molecule has 0 saturated carbocycles. The molecule has 2 aromatic rings. The average molecular weight is 351 g/mol. The number of ether oxygens (including phenoxy) is 1. The van der Waals surface area contributed by atoms with Gasteiger partial charge in [-0.25, -0.2) is 0 Å². The van der Waals surface area contributed by atoms with Crippen LogP contribution in [0.5, 0.6) is 5.75 Å². The fraction of sp³-hybridized carbons (Fsp3) is 0.176. The minimum atomic E-state index is -0.952. The van der Waals surface area contributed by atoms with Crippen molar-refractivity contribution in [3.8, 4) is 5.75 Å². The van der Waals surface area contributed by atoms with Crippen molar-refractivity contribution in [1.82, 2.24) is 0 Å². The first-order chi connectivity index (χ1) is 10.8. The Morgan fingerprint density at radius 1 is 1.09 bits per heavy atom. The van der Waals surface area contributed by atoms with Gasteiger partial charge in [0, 0.05) is 5.75 Å². The molecule has 0 radical (unpaired) electrons. The quantitative estimate of drug-likeness (QED) is 0.385. The van der Waals surface area contributed by atoms with Crippen molar-refractivity contribution < 1.29 is 9.29 Å². The summed E-state index contributed by atoms with van der Waals surface area (Å²) in [6.07, 6.45) is 1.97. The first-order valence-electron chi connectivity index (χ1n) is 6.79. The molecule has 1 atom stereocenters. The Kier molecular flexibility index (Phi) is 7.80. The normalized spacial score (nSPS) is 12.5. The molecule has 0 heterocycles. The van der Waals surface area contributed by atoms with Gasteiger partial charge in [-0.05, 0) is 52.5 Å². The SMILES string of the molecule is COc1ccc(CSSC=CC[S+]([O-])c2ccccc2)cc1. The van der Waals surface area contributed by atoms with E-state index in [9.17, 15) is 4.55 Å². The maximum Gasteiger partial charge on any atom is 0.152 e. The second-order valence-electron chi connectivity index (χ2n) is 4.40. The van der Waals surface area contributed by atoms with Crippen molar-refractivity contribution in [1.29, 1.82) is 0 Å². The fourth-order valence-corrected chi connectivity index (χ4v) is 4.48. The minimum absolute atomic E-state index is 0.556. The Bertz CT molecular complexity index is 570. The van der Waals surface area contributed by atoms with Crippen molar-refractivity contribution in [2.75, 3.05) is 12.9 Å². The summed E-state index contributed by atoms with van der Waals surface area (Å²) in [4.78, 5) is 0.878. The van der Waals surface area contributed by atoms with Gasteiger partial charge < -0.3 is 9.29 Å². The highest BCUT2D eigenvalue weighted by atomic mass is 33.1. The summed E-state index contributed by atoms with van der Waals surface area (Å²) >= 11 is -0.952. The van der Waals surface area contributed by atoms with Crippen molar-refractivity contribution in [2.24, 2.45) is 0 Å². The van der Waals surface area contributed by atoms with Crippen LogP contribution in [0.2, 0.25) is 0 Å². The van der Waals surface area contributed by atoms with Gasteiger partial charge in [0.05, 0.1) is 7.11 Å². The smallest absolute Gasteiger partial charge is 0.152 e. The third kappa shape index (κ3) is 6.01. The Hall–Kier alpha value is -1.01. The lowest BCUT2D eigenvalue weighted by Crippen LogP contribution is -2.03. The van der Waals surface area contributed by atoms with Gasteiger partial charge in [-0.2, -0.15) is 0 Å². The molecule has 0 amide bonds. The molecule has 5 heteroatoms. The number of methoxy groups -OCH3 is 1. The third-order valence-corrected chi connectivity index (χ3v) is 6.14. The van der Waals surface area contributed by atoms with Gasteiger partial charge in [0.15, 0.2) is 4.90 Å². The second-order valence-corrected chi connectivity index (χ2v) is 8.17. The predicted molar refractivity (Wildman–Crippen MR) is 98.7 cm³/mol. The summed E-state index contributed by atoms with van der Waals surface area (Å²) in [6, 6.07) is 17.6. The molecular formula is C17H18O2S3. The van der Waals surface area contributed by atoms with Crippen LogP contribution in [-0.4, -0.2) is 17.4 Å². The zero-order chi connectivity index (χ0) is 15.6. The highest BCUT2D eigenvalue weighted by molar-refractivity contribution is 8.77. The summed E-state index contributed by atoms with van der Waals surface area (Å²) in [7, 11) is 5.09. The van der Waals surface area contributed by atoms with Gasteiger partial charge in [0.1, 0.15) is 11.5 Å². The zero-order valence-electron chi connectivity index (χ0n) is 12.3. The summed E-state index contributed by atoms with van der Waals surface area (Å²) < 4.78 is 17.1. The van der Waals surface area contributed by atoms with Crippen LogP contribution in [0, 0.1) is 0 Å². The average Bonchev–Trinajstić information content (AvgIpc) is 2.59. The maximum absolute atomic E-state index is 12.0. The maximum atomic E-state index is 12.0. The lowest BCUT2D eigenvalue weighted by molar-refractivity contribution is 0.414. The molecule has 0 N–H and O–H groups in total. The van der Waals surface area contributed by atoms with Crippen LogP contribution in [0.25, 0.3) is 0 Å². The second kappa shape index (κ2) is 9.90. The summed E-state index contributed by atoms with van der Waals surface area (Å²) in [6.45, 7) is 0. The summed E-state index contributed by atoms with van der Waals surface area (Å²) in [5, 5.41) is 2.01. The number of rotatable bonds is 8. The third-order valence-electron chi connectivity index (χ3n) is 2.86. The largest absolute Gasteiger partial charge is 0.611 e. The summed E-state index contributed by atoms with van der Waals surface area (Å²) in [5.41, 5.74) is 1.26. The highest BCUT2D eigenvalue weighted by Gasteiger charge is 2.06. The Labute approximate surface area is 142 Å². The molecule has 1 unspecified atom stereocenters. The molecule has 0 saturated heterocycles. The molecule has 22 heavy (non-hydrogen) atoms. The number of hydrogen-bond donors (Lipinski definition) is 0. The van der Waals surface area contributed by atoms with Crippen LogP contribution in [0.3, 0.4) is 0 Å². The monoisotopic (exact) mass is 350 g/mol.